The molecule has 7 rings (SSSR count). The highest BCUT2D eigenvalue weighted by Crippen LogP contribution is 2.34. The van der Waals surface area contributed by atoms with Crippen LogP contribution >= 0.6 is 0 Å². The number of aromatic nitrogens is 4. The molecule has 9 heteroatoms. The number of carbonyl (C=O) groups excluding carboxylic acids is 1. The van der Waals surface area contributed by atoms with Gasteiger partial charge in [0.05, 0.1) is 40.3 Å². The summed E-state index contributed by atoms with van der Waals surface area (Å²) in [6.07, 6.45) is 6.51. The number of methoxy groups -OCH3 is 1. The molecule has 4 heterocycles. The largest absolute Gasteiger partial charge is 0.496 e. The van der Waals surface area contributed by atoms with Crippen LogP contribution in [-0.2, 0) is 0 Å². The number of H-pyrrole nitrogens is 2. The minimum Gasteiger partial charge on any atom is -0.496 e. The molecule has 0 radical (unpaired) electrons. The lowest BCUT2D eigenvalue weighted by atomic mass is 9.99. The van der Waals surface area contributed by atoms with Crippen molar-refractivity contribution in [2.45, 2.75) is 38.1 Å². The molecule has 0 unspecified atom stereocenters. The van der Waals surface area contributed by atoms with Gasteiger partial charge in [-0.15, -0.1) is 0 Å². The summed E-state index contributed by atoms with van der Waals surface area (Å²) in [5, 5.41) is 11.5. The SMILES string of the molecule is COc1ccccc1C(=O)Nc1cccc2[nH]nc(-c3nc4ccc(N5CCC(N6CCCCC6)CC5)cc4[nH]3)c12. The third kappa shape index (κ3) is 4.91. The third-order valence-electron chi connectivity index (χ3n) is 8.62. The number of imidazole rings is 1. The Morgan fingerprint density at radius 2 is 1.78 bits per heavy atom. The zero-order valence-electron chi connectivity index (χ0n) is 23.3. The average molecular weight is 550 g/mol. The molecular formula is C32H35N7O2. The van der Waals surface area contributed by atoms with Crippen LogP contribution in [0.25, 0.3) is 33.5 Å². The number of rotatable bonds is 6. The van der Waals surface area contributed by atoms with E-state index in [1.807, 2.05) is 30.3 Å². The van der Waals surface area contributed by atoms with Crippen molar-refractivity contribution in [2.75, 3.05) is 43.5 Å². The number of hydrogen-bond acceptors (Lipinski definition) is 6. The van der Waals surface area contributed by atoms with Gasteiger partial charge in [0.25, 0.3) is 5.91 Å². The molecule has 0 bridgehead atoms. The summed E-state index contributed by atoms with van der Waals surface area (Å²) in [6, 6.07) is 20.1. The molecule has 3 aromatic carbocycles. The summed E-state index contributed by atoms with van der Waals surface area (Å²) in [6.45, 7) is 4.68. The molecule has 2 saturated heterocycles. The highest BCUT2D eigenvalue weighted by Gasteiger charge is 2.26. The van der Waals surface area contributed by atoms with Gasteiger partial charge in [-0.05, 0) is 81.2 Å². The monoisotopic (exact) mass is 549 g/mol. The van der Waals surface area contributed by atoms with Crippen molar-refractivity contribution in [3.8, 4) is 17.3 Å². The van der Waals surface area contributed by atoms with Gasteiger partial charge in [0.15, 0.2) is 5.82 Å². The maximum Gasteiger partial charge on any atom is 0.259 e. The summed E-state index contributed by atoms with van der Waals surface area (Å²) >= 11 is 0. The van der Waals surface area contributed by atoms with Crippen LogP contribution in [-0.4, -0.2) is 70.3 Å². The smallest absolute Gasteiger partial charge is 0.259 e. The van der Waals surface area contributed by atoms with Crippen LogP contribution in [0.2, 0.25) is 0 Å². The van der Waals surface area contributed by atoms with Gasteiger partial charge < -0.3 is 24.8 Å². The number of amides is 1. The first kappa shape index (κ1) is 25.6. The van der Waals surface area contributed by atoms with E-state index >= 15 is 0 Å². The quantitative estimate of drug-likeness (QED) is 0.247. The summed E-state index contributed by atoms with van der Waals surface area (Å²) in [5.41, 5.74) is 5.68. The Morgan fingerprint density at radius 3 is 2.61 bits per heavy atom. The van der Waals surface area contributed by atoms with Crippen molar-refractivity contribution < 1.29 is 9.53 Å². The van der Waals surface area contributed by atoms with Crippen molar-refractivity contribution >= 4 is 39.2 Å². The van der Waals surface area contributed by atoms with Crippen LogP contribution < -0.4 is 15.0 Å². The fraction of sp³-hybridized carbons (Fsp3) is 0.344. The number of para-hydroxylation sites is 1. The van der Waals surface area contributed by atoms with E-state index in [9.17, 15) is 4.79 Å². The predicted octanol–water partition coefficient (Wildman–Crippen LogP) is 5.82. The van der Waals surface area contributed by atoms with E-state index in [-0.39, 0.29) is 5.91 Å². The van der Waals surface area contributed by atoms with Crippen LogP contribution in [0.15, 0.2) is 60.7 Å². The van der Waals surface area contributed by atoms with Crippen LogP contribution in [0.3, 0.4) is 0 Å². The van der Waals surface area contributed by atoms with E-state index < -0.39 is 0 Å². The standard InChI is InChI=1S/C32H35N7O2/c1-41-28-11-4-3-8-23(28)32(40)35-25-9-7-10-26-29(25)30(37-36-26)31-33-24-13-12-22(20-27(24)34-31)39-18-14-21(15-19-39)38-16-5-2-6-17-38/h3-4,7-13,20-21H,2,5-6,14-19H2,1H3,(H,33,34)(H,35,40)(H,36,37). The summed E-state index contributed by atoms with van der Waals surface area (Å²) in [7, 11) is 1.56. The second-order valence-corrected chi connectivity index (χ2v) is 11.1. The first-order valence-electron chi connectivity index (χ1n) is 14.6. The van der Waals surface area contributed by atoms with E-state index in [4.69, 9.17) is 9.72 Å². The van der Waals surface area contributed by atoms with E-state index in [1.54, 1.807) is 19.2 Å². The van der Waals surface area contributed by atoms with Gasteiger partial charge >= 0.3 is 0 Å². The normalized spacial score (nSPS) is 16.9. The maximum atomic E-state index is 13.2. The minimum atomic E-state index is -0.250. The lowest BCUT2D eigenvalue weighted by Crippen LogP contribution is -2.46. The first-order valence-corrected chi connectivity index (χ1v) is 14.6. The number of likely N-dealkylation sites (tertiary alicyclic amines) is 1. The van der Waals surface area contributed by atoms with Crippen LogP contribution in [0.4, 0.5) is 11.4 Å². The van der Waals surface area contributed by atoms with Crippen molar-refractivity contribution in [1.29, 1.82) is 0 Å². The molecule has 2 fully saturated rings. The van der Waals surface area contributed by atoms with E-state index in [2.05, 4.69) is 48.5 Å². The number of nitrogens with zero attached hydrogens (tertiary/aromatic N) is 4. The molecule has 0 spiro atoms. The Balaban J connectivity index is 1.14. The van der Waals surface area contributed by atoms with E-state index in [0.717, 1.165) is 41.1 Å². The number of ether oxygens (including phenoxy) is 1. The molecule has 210 valence electrons. The Morgan fingerprint density at radius 1 is 0.951 bits per heavy atom. The molecule has 0 aliphatic carbocycles. The molecule has 2 aliphatic heterocycles. The summed E-state index contributed by atoms with van der Waals surface area (Å²) in [4.78, 5) is 26.8. The average Bonchev–Trinajstić information content (AvgIpc) is 3.66. The number of benzene rings is 3. The maximum absolute atomic E-state index is 13.2. The Bertz CT molecular complexity index is 1690. The Hall–Kier alpha value is -4.37. The number of aromatic amines is 2. The highest BCUT2D eigenvalue weighted by molar-refractivity contribution is 6.12. The van der Waals surface area contributed by atoms with Crippen LogP contribution in [0.5, 0.6) is 5.75 Å². The number of nitrogens with one attached hydrogen (secondary N) is 3. The molecule has 2 aliphatic rings. The van der Waals surface area contributed by atoms with Crippen molar-refractivity contribution in [2.24, 2.45) is 0 Å². The van der Waals surface area contributed by atoms with Gasteiger partial charge in [-0.2, -0.15) is 5.10 Å². The number of piperidine rings is 2. The number of fused-ring (bicyclic) bond motifs is 2. The van der Waals surface area contributed by atoms with E-state index in [0.29, 0.717) is 28.5 Å². The third-order valence-corrected chi connectivity index (χ3v) is 8.62. The van der Waals surface area contributed by atoms with E-state index in [1.165, 1.54) is 50.9 Å². The van der Waals surface area contributed by atoms with Crippen LogP contribution in [0, 0.1) is 0 Å². The zero-order valence-corrected chi connectivity index (χ0v) is 23.3. The van der Waals surface area contributed by atoms with Crippen LogP contribution in [0.1, 0.15) is 42.5 Å². The predicted molar refractivity (Wildman–Crippen MR) is 163 cm³/mol. The molecule has 41 heavy (non-hydrogen) atoms. The first-order chi connectivity index (χ1) is 20.2. The summed E-state index contributed by atoms with van der Waals surface area (Å²) in [5.74, 6) is 0.931. The molecule has 9 nitrogen and oxygen atoms in total. The Kier molecular flexibility index (Phi) is 6.80. The lowest BCUT2D eigenvalue weighted by Gasteiger charge is -2.41. The zero-order chi connectivity index (χ0) is 27.8. The van der Waals surface area contributed by atoms with Gasteiger partial charge in [-0.3, -0.25) is 9.89 Å². The number of carbonyl (C=O) groups is 1. The van der Waals surface area contributed by atoms with Gasteiger partial charge in [0, 0.05) is 24.8 Å². The van der Waals surface area contributed by atoms with Gasteiger partial charge in [-0.1, -0.05) is 24.6 Å². The van der Waals surface area contributed by atoms with Gasteiger partial charge in [-0.25, -0.2) is 4.98 Å². The second kappa shape index (κ2) is 10.9. The molecule has 2 aromatic heterocycles. The molecule has 5 aromatic rings. The molecule has 0 atom stereocenters. The second-order valence-electron chi connectivity index (χ2n) is 11.1. The van der Waals surface area contributed by atoms with Gasteiger partial charge in [0.1, 0.15) is 11.4 Å². The number of hydrogen-bond donors (Lipinski definition) is 3. The molecule has 1 amide bonds. The van der Waals surface area contributed by atoms with Gasteiger partial charge in [0.2, 0.25) is 0 Å². The van der Waals surface area contributed by atoms with Crippen molar-refractivity contribution in [3.05, 3.63) is 66.2 Å². The van der Waals surface area contributed by atoms with Crippen molar-refractivity contribution in [3.63, 3.8) is 0 Å². The topological polar surface area (TPSA) is 102 Å². The summed E-state index contributed by atoms with van der Waals surface area (Å²) < 4.78 is 5.39. The fourth-order valence-corrected chi connectivity index (χ4v) is 6.45. The Labute approximate surface area is 238 Å². The molecule has 0 saturated carbocycles. The highest BCUT2D eigenvalue weighted by atomic mass is 16.5. The number of anilines is 2. The molecular weight excluding hydrogens is 514 g/mol. The van der Waals surface area contributed by atoms with Crippen molar-refractivity contribution in [1.82, 2.24) is 25.1 Å². The minimum absolute atomic E-state index is 0.250. The fourth-order valence-electron chi connectivity index (χ4n) is 6.45. The molecule has 3 N–H and O–H groups in total. The lowest BCUT2D eigenvalue weighted by molar-refractivity contribution is 0.102.